The zero-order chi connectivity index (χ0) is 14.8. The molecule has 0 radical (unpaired) electrons. The number of rotatable bonds is 2. The molecule has 1 aliphatic heterocycles. The maximum atomic E-state index is 12.7. The number of benzene rings is 1. The molecule has 1 atom stereocenters. The van der Waals surface area contributed by atoms with E-state index in [4.69, 9.17) is 0 Å². The second-order valence-electron chi connectivity index (χ2n) is 4.71. The van der Waals surface area contributed by atoms with Crippen molar-refractivity contribution in [2.75, 3.05) is 11.9 Å². The van der Waals surface area contributed by atoms with E-state index in [1.165, 1.54) is 6.07 Å². The van der Waals surface area contributed by atoms with Crippen LogP contribution in [-0.2, 0) is 11.0 Å². The monoisotopic (exact) mass is 350 g/mol. The van der Waals surface area contributed by atoms with Gasteiger partial charge in [-0.05, 0) is 37.5 Å². The van der Waals surface area contributed by atoms with Gasteiger partial charge in [-0.25, -0.2) is 0 Å². The zero-order valence-corrected chi connectivity index (χ0v) is 12.1. The van der Waals surface area contributed by atoms with E-state index in [9.17, 15) is 18.0 Å². The average Bonchev–Trinajstić information content (AvgIpc) is 2.53. The normalized spacial score (nSPS) is 20.2. The van der Waals surface area contributed by atoms with Crippen LogP contribution in [-0.4, -0.2) is 18.5 Å². The molecule has 3 nitrogen and oxygen atoms in total. The molecule has 0 spiro atoms. The summed E-state index contributed by atoms with van der Waals surface area (Å²) in [7, 11) is 0. The Hall–Kier alpha value is -1.24. The highest BCUT2D eigenvalue weighted by Crippen LogP contribution is 2.33. The molecule has 2 rings (SSSR count). The molecule has 1 aromatic rings. The zero-order valence-electron chi connectivity index (χ0n) is 10.6. The molecular formula is C13H14BrF3N2O. The lowest BCUT2D eigenvalue weighted by Crippen LogP contribution is -2.37. The van der Waals surface area contributed by atoms with E-state index >= 15 is 0 Å². The van der Waals surface area contributed by atoms with Gasteiger partial charge in [-0.15, -0.1) is 0 Å². The first-order chi connectivity index (χ1) is 9.36. The summed E-state index contributed by atoms with van der Waals surface area (Å²) in [5.74, 6) is -0.170. The summed E-state index contributed by atoms with van der Waals surface area (Å²) in [6.45, 7) is 0.614. The number of halogens is 4. The third kappa shape index (κ3) is 3.88. The standard InChI is InChI=1S/C13H14BrF3N2O/c14-9-5-8(13(15,16)17)6-10(7-9)19-11-3-1-2-4-18-12(11)20/h5-7,11,19H,1-4H2,(H,18,20). The summed E-state index contributed by atoms with van der Waals surface area (Å²) in [6.07, 6.45) is -2.06. The van der Waals surface area contributed by atoms with Crippen molar-refractivity contribution >= 4 is 27.5 Å². The lowest BCUT2D eigenvalue weighted by molar-refractivity contribution is -0.137. The van der Waals surface area contributed by atoms with E-state index in [0.717, 1.165) is 25.0 Å². The summed E-state index contributed by atoms with van der Waals surface area (Å²) in [6, 6.07) is 3.07. The lowest BCUT2D eigenvalue weighted by Gasteiger charge is -2.18. The highest BCUT2D eigenvalue weighted by atomic mass is 79.9. The molecule has 1 fully saturated rings. The summed E-state index contributed by atoms with van der Waals surface area (Å²) >= 11 is 3.06. The Bertz CT molecular complexity index is 505. The summed E-state index contributed by atoms with van der Waals surface area (Å²) < 4.78 is 38.5. The van der Waals surface area contributed by atoms with E-state index in [0.29, 0.717) is 17.4 Å². The van der Waals surface area contributed by atoms with Gasteiger partial charge in [-0.3, -0.25) is 4.79 Å². The highest BCUT2D eigenvalue weighted by Gasteiger charge is 2.31. The molecule has 20 heavy (non-hydrogen) atoms. The van der Waals surface area contributed by atoms with E-state index < -0.39 is 17.8 Å². The fourth-order valence-corrected chi connectivity index (χ4v) is 2.61. The smallest absolute Gasteiger partial charge is 0.374 e. The van der Waals surface area contributed by atoms with Gasteiger partial charge >= 0.3 is 6.18 Å². The number of nitrogens with one attached hydrogen (secondary N) is 2. The van der Waals surface area contributed by atoms with Crippen molar-refractivity contribution in [3.63, 3.8) is 0 Å². The molecule has 1 aliphatic rings. The van der Waals surface area contributed by atoms with Crippen LogP contribution in [0.15, 0.2) is 22.7 Å². The molecule has 7 heteroatoms. The Morgan fingerprint density at radius 2 is 2.00 bits per heavy atom. The SMILES string of the molecule is O=C1NCCCCC1Nc1cc(Br)cc(C(F)(F)F)c1. The first-order valence-electron chi connectivity index (χ1n) is 6.28. The molecule has 1 amide bonds. The van der Waals surface area contributed by atoms with Crippen LogP contribution in [0.5, 0.6) is 0 Å². The van der Waals surface area contributed by atoms with Gasteiger partial charge in [0, 0.05) is 16.7 Å². The van der Waals surface area contributed by atoms with E-state index in [1.54, 1.807) is 0 Å². The Labute approximate surface area is 123 Å². The first-order valence-corrected chi connectivity index (χ1v) is 7.07. The minimum Gasteiger partial charge on any atom is -0.374 e. The van der Waals surface area contributed by atoms with Gasteiger partial charge in [0.2, 0.25) is 5.91 Å². The van der Waals surface area contributed by atoms with Crippen LogP contribution in [0.4, 0.5) is 18.9 Å². The Morgan fingerprint density at radius 3 is 2.70 bits per heavy atom. The van der Waals surface area contributed by atoms with Crippen molar-refractivity contribution in [1.82, 2.24) is 5.32 Å². The molecule has 1 heterocycles. The van der Waals surface area contributed by atoms with Gasteiger partial charge < -0.3 is 10.6 Å². The molecule has 0 saturated carbocycles. The van der Waals surface area contributed by atoms with Crippen molar-refractivity contribution in [3.8, 4) is 0 Å². The molecular weight excluding hydrogens is 337 g/mol. The number of anilines is 1. The molecule has 0 aliphatic carbocycles. The van der Waals surface area contributed by atoms with Gasteiger partial charge in [-0.2, -0.15) is 13.2 Å². The average molecular weight is 351 g/mol. The number of carbonyl (C=O) groups excluding carboxylic acids is 1. The molecule has 2 N–H and O–H groups in total. The molecule has 0 bridgehead atoms. The van der Waals surface area contributed by atoms with Crippen LogP contribution < -0.4 is 10.6 Å². The largest absolute Gasteiger partial charge is 0.416 e. The maximum absolute atomic E-state index is 12.7. The van der Waals surface area contributed by atoms with Gasteiger partial charge in [0.05, 0.1) is 5.56 Å². The summed E-state index contributed by atoms with van der Waals surface area (Å²) in [5.41, 5.74) is -0.461. The Morgan fingerprint density at radius 1 is 1.25 bits per heavy atom. The Kier molecular flexibility index (Phi) is 4.57. The van der Waals surface area contributed by atoms with Gasteiger partial charge in [0.15, 0.2) is 0 Å². The first kappa shape index (κ1) is 15.2. The summed E-state index contributed by atoms with van der Waals surface area (Å²) in [5, 5.41) is 5.62. The van der Waals surface area contributed by atoms with E-state index in [-0.39, 0.29) is 11.6 Å². The minimum atomic E-state index is -4.41. The van der Waals surface area contributed by atoms with Crippen molar-refractivity contribution in [2.45, 2.75) is 31.5 Å². The second-order valence-corrected chi connectivity index (χ2v) is 5.63. The summed E-state index contributed by atoms with van der Waals surface area (Å²) in [4.78, 5) is 11.8. The van der Waals surface area contributed by atoms with Crippen LogP contribution in [0, 0.1) is 0 Å². The van der Waals surface area contributed by atoms with Crippen LogP contribution in [0.3, 0.4) is 0 Å². The topological polar surface area (TPSA) is 41.1 Å². The Balaban J connectivity index is 2.20. The van der Waals surface area contributed by atoms with Crippen molar-refractivity contribution in [2.24, 2.45) is 0 Å². The van der Waals surface area contributed by atoms with Crippen LogP contribution >= 0.6 is 15.9 Å². The highest BCUT2D eigenvalue weighted by molar-refractivity contribution is 9.10. The van der Waals surface area contributed by atoms with E-state index in [2.05, 4.69) is 26.6 Å². The number of alkyl halides is 3. The maximum Gasteiger partial charge on any atom is 0.416 e. The number of hydrogen-bond donors (Lipinski definition) is 2. The van der Waals surface area contributed by atoms with Gasteiger partial charge in [0.25, 0.3) is 0 Å². The predicted octanol–water partition coefficient (Wildman–Crippen LogP) is 3.55. The molecule has 1 unspecified atom stereocenters. The van der Waals surface area contributed by atoms with Crippen molar-refractivity contribution < 1.29 is 18.0 Å². The minimum absolute atomic E-state index is 0.170. The molecule has 0 aromatic heterocycles. The molecule has 110 valence electrons. The second kappa shape index (κ2) is 6.03. The van der Waals surface area contributed by atoms with Crippen LogP contribution in [0.2, 0.25) is 0 Å². The number of amides is 1. The quantitative estimate of drug-likeness (QED) is 0.856. The van der Waals surface area contributed by atoms with E-state index in [1.807, 2.05) is 0 Å². The predicted molar refractivity (Wildman–Crippen MR) is 73.4 cm³/mol. The number of carbonyl (C=O) groups is 1. The molecule has 1 saturated heterocycles. The third-order valence-corrected chi connectivity index (χ3v) is 3.56. The van der Waals surface area contributed by atoms with Gasteiger partial charge in [0.1, 0.15) is 6.04 Å². The van der Waals surface area contributed by atoms with Crippen LogP contribution in [0.1, 0.15) is 24.8 Å². The van der Waals surface area contributed by atoms with Gasteiger partial charge in [-0.1, -0.05) is 15.9 Å². The third-order valence-electron chi connectivity index (χ3n) is 3.10. The number of hydrogen-bond acceptors (Lipinski definition) is 2. The van der Waals surface area contributed by atoms with Crippen LogP contribution in [0.25, 0.3) is 0 Å². The van der Waals surface area contributed by atoms with Crippen molar-refractivity contribution in [1.29, 1.82) is 0 Å². The lowest BCUT2D eigenvalue weighted by atomic mass is 10.1. The fraction of sp³-hybridized carbons (Fsp3) is 0.462. The fourth-order valence-electron chi connectivity index (χ4n) is 2.11. The van der Waals surface area contributed by atoms with Crippen molar-refractivity contribution in [3.05, 3.63) is 28.2 Å². The molecule has 1 aromatic carbocycles.